The second kappa shape index (κ2) is 38.2. The van der Waals surface area contributed by atoms with E-state index in [-0.39, 0.29) is 65.8 Å². The van der Waals surface area contributed by atoms with E-state index in [2.05, 4.69) is 50.1 Å². The number of carbonyl (C=O) groups excluding carboxylic acids is 1. The van der Waals surface area contributed by atoms with E-state index in [4.69, 9.17) is 61.6 Å². The van der Waals surface area contributed by atoms with Crippen molar-refractivity contribution in [1.29, 1.82) is 0 Å². The fourth-order valence-corrected chi connectivity index (χ4v) is 12.7. The minimum absolute atomic E-state index is 0.00274. The van der Waals surface area contributed by atoms with Crippen LogP contribution in [0, 0.1) is 0 Å². The van der Waals surface area contributed by atoms with Crippen molar-refractivity contribution in [1.82, 2.24) is 0 Å². The van der Waals surface area contributed by atoms with Crippen molar-refractivity contribution in [3.8, 4) is 0 Å². The molecule has 3 aliphatic heterocycles. The summed E-state index contributed by atoms with van der Waals surface area (Å²) in [6.45, 7) is -0.562. The van der Waals surface area contributed by atoms with Crippen molar-refractivity contribution < 1.29 is 66.4 Å². The number of rotatable bonds is 35. The van der Waals surface area contributed by atoms with Crippen LogP contribution in [0.5, 0.6) is 0 Å². The third-order valence-electron chi connectivity index (χ3n) is 17.5. The predicted octanol–water partition coefficient (Wildman–Crippen LogP) is 13.7. The molecule has 11 rings (SSSR count). The molecule has 0 bridgehead atoms. The second-order valence-corrected chi connectivity index (χ2v) is 24.1. The van der Waals surface area contributed by atoms with Crippen LogP contribution in [-0.2, 0) is 113 Å². The monoisotopic (exact) mass is 1370 g/mol. The van der Waals surface area contributed by atoms with Gasteiger partial charge >= 0.3 is 0 Å². The van der Waals surface area contributed by atoms with Gasteiger partial charge < -0.3 is 66.4 Å². The Morgan fingerprint density at radius 2 is 0.693 bits per heavy atom. The highest BCUT2D eigenvalue weighted by atomic mass is 16.8. The lowest BCUT2D eigenvalue weighted by atomic mass is 9.83. The van der Waals surface area contributed by atoms with Crippen LogP contribution in [0.3, 0.4) is 0 Å². The van der Waals surface area contributed by atoms with Crippen molar-refractivity contribution in [2.24, 2.45) is 25.6 Å². The largest absolute Gasteiger partial charge is 0.374 e. The molecular formula is C72H75N15O14. The molecule has 29 nitrogen and oxygen atoms in total. The number of ether oxygens (including phenoxy) is 13. The number of nitrogens with zero attached hydrogens (tertiary/aromatic N) is 15. The van der Waals surface area contributed by atoms with E-state index >= 15 is 0 Å². The number of benzene rings is 7. The average molecular weight is 1370 g/mol. The molecule has 19 atom stereocenters. The van der Waals surface area contributed by atoms with E-state index < -0.39 is 116 Å². The lowest BCUT2D eigenvalue weighted by molar-refractivity contribution is -0.314. The zero-order chi connectivity index (χ0) is 69.8. The van der Waals surface area contributed by atoms with Gasteiger partial charge in [0.05, 0.1) is 89.8 Å². The highest BCUT2D eigenvalue weighted by Gasteiger charge is 2.58. The molecular weight excluding hydrogens is 1300 g/mol. The standard InChI is InChI=1S/C72H75N15O14/c73-83-78-37-56-63(91-41-49-26-12-3-13-27-49)66(93-43-51-30-16-5-17-31-51)59(81-86-76)70(96-56)100-65-58(46-89-39-47-22-8-1-9-23-47)98-72(69(65)95-45-53-34-20-7-21-35-53)101-68-61(90-40-48-24-10-2-11-25-48)54(79-84-74)36-55(80-85-75)62(68)99-71-60(82-87-77)67(94-44-52-32-18-6-19-33-52)64(57(38-88)97-71)92-42-50-28-14-4-15-29-50/h1-35,38,54-72H,36-37,39-46H2/t54-,55?,56+,57?,58-,59?,60?,61?,62-,63-,64-,65+,66?,67+,68-,69?,70-,71-,72+/m1/s1. The molecule has 7 unspecified atom stereocenters. The Morgan fingerprint density at radius 1 is 0.347 bits per heavy atom. The average Bonchev–Trinajstić information content (AvgIpc) is 1.66. The normalized spacial score (nSPS) is 28.3. The van der Waals surface area contributed by atoms with Crippen LogP contribution >= 0.6 is 0 Å². The van der Waals surface area contributed by atoms with Crippen LogP contribution in [0.1, 0.15) is 45.4 Å². The van der Waals surface area contributed by atoms with Gasteiger partial charge in [-0.2, -0.15) is 0 Å². The van der Waals surface area contributed by atoms with Crippen LogP contribution < -0.4 is 0 Å². The first-order valence-corrected chi connectivity index (χ1v) is 33.0. The molecule has 0 aromatic heterocycles. The maximum atomic E-state index is 13.5. The van der Waals surface area contributed by atoms with E-state index in [0.29, 0.717) is 17.4 Å². The van der Waals surface area contributed by atoms with Crippen LogP contribution in [-0.4, -0.2) is 136 Å². The molecule has 0 spiro atoms. The van der Waals surface area contributed by atoms with Gasteiger partial charge in [0.1, 0.15) is 67.0 Å². The Morgan fingerprint density at radius 3 is 1.12 bits per heavy atom. The molecule has 1 saturated carbocycles. The number of azide groups is 5. The summed E-state index contributed by atoms with van der Waals surface area (Å²) in [6, 6.07) is 59.7. The van der Waals surface area contributed by atoms with Crippen molar-refractivity contribution in [2.75, 3.05) is 13.2 Å². The van der Waals surface area contributed by atoms with E-state index in [1.807, 2.05) is 212 Å². The summed E-state index contributed by atoms with van der Waals surface area (Å²) >= 11 is 0. The molecule has 7 aromatic rings. The van der Waals surface area contributed by atoms with Gasteiger partial charge in [0.2, 0.25) is 0 Å². The maximum Gasteiger partial charge on any atom is 0.187 e. The third-order valence-corrected chi connectivity index (χ3v) is 17.5. The van der Waals surface area contributed by atoms with E-state index in [9.17, 15) is 32.5 Å². The quantitative estimate of drug-likeness (QED) is 0.0154. The van der Waals surface area contributed by atoms with Crippen LogP contribution in [0.25, 0.3) is 52.2 Å². The molecule has 3 saturated heterocycles. The van der Waals surface area contributed by atoms with Gasteiger partial charge in [-0.15, -0.1) is 0 Å². The van der Waals surface area contributed by atoms with Gasteiger partial charge in [-0.25, -0.2) is 0 Å². The van der Waals surface area contributed by atoms with E-state index in [0.717, 1.165) is 27.8 Å². The zero-order valence-electron chi connectivity index (χ0n) is 54.7. The van der Waals surface area contributed by atoms with Gasteiger partial charge in [-0.1, -0.05) is 238 Å². The van der Waals surface area contributed by atoms with Crippen molar-refractivity contribution in [3.63, 3.8) is 0 Å². The molecule has 29 heteroatoms. The van der Waals surface area contributed by atoms with Crippen molar-refractivity contribution in [2.45, 2.75) is 169 Å². The van der Waals surface area contributed by atoms with Crippen LogP contribution in [0.2, 0.25) is 0 Å². The molecule has 4 fully saturated rings. The topological polar surface area (TPSA) is 381 Å². The minimum Gasteiger partial charge on any atom is -0.374 e. The van der Waals surface area contributed by atoms with Gasteiger partial charge in [0, 0.05) is 24.6 Å². The first kappa shape index (κ1) is 72.5. The SMILES string of the molecule is [N-]=[N+]=NC[C@@H]1O[C@H](O[C@@H]2C(OCc3ccccc3)[C@H](O[C@@H]3C(OCc4ccccc4)[C@H](N=[N+]=[N-])CC(N=[N+]=[N-])[C@H]3O[C@H]3OC(C=O)[C@@H](OCc4ccccc4)[C@@H](OCc4ccccc4)C3N=[N+]=[N-])O[C@@H]2COCc2ccccc2)C(N=[N+]=[N-])C(OCc2ccccc2)[C@@H]1OCc1ccccc1. The fraction of sp³-hybridized carbons (Fsp3) is 0.403. The Hall–Kier alpha value is -9.76. The maximum absolute atomic E-state index is 13.5. The summed E-state index contributed by atoms with van der Waals surface area (Å²) in [5.41, 5.74) is 57.1. The van der Waals surface area contributed by atoms with Gasteiger partial charge in [0.25, 0.3) is 0 Å². The Labute approximate surface area is 581 Å². The summed E-state index contributed by atoms with van der Waals surface area (Å²) in [5, 5.41) is 21.0. The summed E-state index contributed by atoms with van der Waals surface area (Å²) < 4.78 is 89.4. The molecule has 0 amide bonds. The minimum atomic E-state index is -1.70. The lowest BCUT2D eigenvalue weighted by Gasteiger charge is -2.48. The number of hydrogen-bond donors (Lipinski definition) is 0. The summed E-state index contributed by atoms with van der Waals surface area (Å²) in [6.07, 6.45) is -19.9. The molecule has 0 N–H and O–H groups in total. The highest BCUT2D eigenvalue weighted by Crippen LogP contribution is 2.42. The Bertz CT molecular complexity index is 3930. The van der Waals surface area contributed by atoms with Gasteiger partial charge in [-0.3, -0.25) is 0 Å². The molecule has 0 radical (unpaired) electrons. The number of hydrogen-bond acceptors (Lipinski definition) is 19. The second-order valence-electron chi connectivity index (χ2n) is 24.1. The van der Waals surface area contributed by atoms with E-state index in [1.54, 1.807) is 0 Å². The molecule has 3 heterocycles. The molecule has 1 aliphatic carbocycles. The summed E-state index contributed by atoms with van der Waals surface area (Å²) in [4.78, 5) is 29.7. The van der Waals surface area contributed by atoms with Gasteiger partial charge in [0.15, 0.2) is 25.2 Å². The number of aldehydes is 1. The Balaban J connectivity index is 1.01. The first-order chi connectivity index (χ1) is 49.8. The molecule has 522 valence electrons. The number of carbonyl (C=O) groups is 1. The van der Waals surface area contributed by atoms with E-state index in [1.165, 1.54) is 0 Å². The lowest BCUT2D eigenvalue weighted by Crippen LogP contribution is -2.64. The summed E-state index contributed by atoms with van der Waals surface area (Å²) in [7, 11) is 0. The summed E-state index contributed by atoms with van der Waals surface area (Å²) in [5.74, 6) is 0. The third kappa shape index (κ3) is 19.8. The van der Waals surface area contributed by atoms with Crippen molar-refractivity contribution >= 4 is 6.29 Å². The van der Waals surface area contributed by atoms with Gasteiger partial charge in [-0.05, 0) is 73.0 Å². The van der Waals surface area contributed by atoms with Crippen LogP contribution in [0.15, 0.2) is 238 Å². The first-order valence-electron chi connectivity index (χ1n) is 33.0. The Kier molecular flexibility index (Phi) is 27.4. The molecule has 7 aromatic carbocycles. The highest BCUT2D eigenvalue weighted by molar-refractivity contribution is 5.58. The fourth-order valence-electron chi connectivity index (χ4n) is 12.7. The molecule has 101 heavy (non-hydrogen) atoms. The predicted molar refractivity (Wildman–Crippen MR) is 363 cm³/mol. The zero-order valence-corrected chi connectivity index (χ0v) is 54.7. The van der Waals surface area contributed by atoms with Crippen molar-refractivity contribution in [3.05, 3.63) is 303 Å². The van der Waals surface area contributed by atoms with Crippen LogP contribution in [0.4, 0.5) is 0 Å². The molecule has 4 aliphatic rings. The smallest absolute Gasteiger partial charge is 0.187 e.